The average molecular weight is 1240 g/mol. The van der Waals surface area contributed by atoms with E-state index in [1.54, 1.807) is 48.5 Å². The van der Waals surface area contributed by atoms with Gasteiger partial charge in [0.15, 0.2) is 0 Å². The number of ether oxygens (including phenoxy) is 8. The Balaban J connectivity index is 1.25. The Hall–Kier alpha value is -8.64. The number of phenolic OH excluding ortho intramolecular Hbond substituents is 4. The van der Waals surface area contributed by atoms with E-state index in [4.69, 9.17) is 37.9 Å². The van der Waals surface area contributed by atoms with Gasteiger partial charge in [0, 0.05) is 68.2 Å². The second kappa shape index (κ2) is 28.1. The summed E-state index contributed by atoms with van der Waals surface area (Å²) in [6.07, 6.45) is 19.3. The fourth-order valence-electron chi connectivity index (χ4n) is 15.2. The number of hydrogen-bond donors (Lipinski definition) is 4. The molecule has 0 saturated carbocycles. The van der Waals surface area contributed by atoms with Crippen molar-refractivity contribution in [2.75, 3.05) is 27.2 Å². The Morgan fingerprint density at radius 3 is 0.587 bits per heavy atom. The molecule has 1 aliphatic carbocycles. The molecule has 0 saturated heterocycles. The smallest absolute Gasteiger partial charge is 0.230 e. The summed E-state index contributed by atoms with van der Waals surface area (Å²) in [6, 6.07) is 39.1. The number of rotatable bonds is 24. The largest absolute Gasteiger partial charge is 0.508 e. The van der Waals surface area contributed by atoms with E-state index >= 15 is 0 Å². The maximum absolute atomic E-state index is 11.0. The van der Waals surface area contributed by atoms with Crippen LogP contribution >= 0.6 is 0 Å². The van der Waals surface area contributed by atoms with Gasteiger partial charge < -0.3 is 58.3 Å². The molecule has 92 heavy (non-hydrogen) atoms. The molecule has 0 aromatic heterocycles. The first-order valence-corrected chi connectivity index (χ1v) is 34.2. The van der Waals surface area contributed by atoms with Crippen molar-refractivity contribution in [2.24, 2.45) is 0 Å². The van der Waals surface area contributed by atoms with Crippen LogP contribution in [0.25, 0.3) is 44.5 Å². The van der Waals surface area contributed by atoms with Crippen molar-refractivity contribution in [1.82, 2.24) is 0 Å². The summed E-state index contributed by atoms with van der Waals surface area (Å²) in [6.45, 7) is 8.35. The Morgan fingerprint density at radius 2 is 0.424 bits per heavy atom. The van der Waals surface area contributed by atoms with E-state index in [0.29, 0.717) is 46.0 Å². The topological polar surface area (TPSA) is 155 Å². The zero-order chi connectivity index (χ0) is 63.2. The zero-order valence-corrected chi connectivity index (χ0v) is 53.9. The van der Waals surface area contributed by atoms with Crippen LogP contribution in [-0.4, -0.2) is 47.6 Å². The van der Waals surface area contributed by atoms with Crippen LogP contribution in [0.4, 0.5) is 0 Å². The highest BCUT2D eigenvalue weighted by Crippen LogP contribution is 2.62. The maximum atomic E-state index is 11.0. The van der Waals surface area contributed by atoms with E-state index < -0.39 is 0 Å². The first kappa shape index (κ1) is 62.2. The van der Waals surface area contributed by atoms with Crippen LogP contribution in [0.15, 0.2) is 121 Å². The van der Waals surface area contributed by atoms with Gasteiger partial charge in [-0.05, 0) is 121 Å². The Bertz CT molecular complexity index is 3260. The van der Waals surface area contributed by atoms with Crippen LogP contribution < -0.4 is 37.9 Å². The maximum Gasteiger partial charge on any atom is 0.230 e. The number of phenols is 4. The van der Waals surface area contributed by atoms with Gasteiger partial charge in [0.1, 0.15) is 69.0 Å². The lowest BCUT2D eigenvalue weighted by atomic mass is 9.73. The number of benzene rings is 8. The van der Waals surface area contributed by atoms with Gasteiger partial charge in [0.2, 0.25) is 27.2 Å². The van der Waals surface area contributed by atoms with E-state index in [0.717, 1.165) is 217 Å². The number of aromatic hydroxyl groups is 4. The van der Waals surface area contributed by atoms with Crippen LogP contribution in [0.5, 0.6) is 69.0 Å². The standard InChI is InChI=1S/C80H88O12/c1-5-9-13-17-21-57-61-41-63-58(22-18-14-10-6-2)65-43-67-60(24-20-16-12-8-4)68-44-66-59(23-19-15-11-7-3)64-42-62(57)74-70(50-27-35-54(82)36-28-50)76(64)88-47-90-78(66)72(52-31-39-56(84)40-32-52)80(68)92-48-91-79(67)71(51-29-37-55(83)38-30-51)77(65)89-46-87-75(63)69(73(61)85-45-86-74)49-25-33-53(81)34-26-49/h25-44,57-60,81-84H,5-24,45-48H2,1-4H3. The van der Waals surface area contributed by atoms with E-state index in [-0.39, 0.29) is 73.8 Å². The number of unbranched alkanes of at least 4 members (excludes halogenated alkanes) is 12. The van der Waals surface area contributed by atoms with Crippen LogP contribution in [0.3, 0.4) is 0 Å². The van der Waals surface area contributed by atoms with Gasteiger partial charge in [-0.15, -0.1) is 0 Å². The molecule has 0 radical (unpaired) electrons. The first-order chi connectivity index (χ1) is 45.2. The monoisotopic (exact) mass is 1240 g/mol. The molecule has 0 atom stereocenters. The second-order valence-corrected chi connectivity index (χ2v) is 25.8. The minimum Gasteiger partial charge on any atom is -0.508 e. The molecule has 12 heteroatoms. The van der Waals surface area contributed by atoms with Crippen LogP contribution in [0.1, 0.15) is 224 Å². The molecular weight excluding hydrogens is 1150 g/mol. The number of hydrogen-bond acceptors (Lipinski definition) is 12. The molecule has 4 aliphatic heterocycles. The molecule has 480 valence electrons. The highest BCUT2D eigenvalue weighted by Gasteiger charge is 2.42. The van der Waals surface area contributed by atoms with Crippen molar-refractivity contribution >= 4 is 0 Å². The van der Waals surface area contributed by atoms with Gasteiger partial charge in [-0.2, -0.15) is 0 Å². The second-order valence-electron chi connectivity index (χ2n) is 25.8. The molecule has 8 bridgehead atoms. The minimum absolute atomic E-state index is 0.146. The van der Waals surface area contributed by atoms with E-state index in [9.17, 15) is 20.4 Å². The molecule has 0 spiro atoms. The molecule has 4 N–H and O–H groups in total. The lowest BCUT2D eigenvalue weighted by Crippen LogP contribution is -2.24. The zero-order valence-electron chi connectivity index (χ0n) is 53.9. The van der Waals surface area contributed by atoms with Gasteiger partial charge in [-0.1, -0.05) is 179 Å². The van der Waals surface area contributed by atoms with Crippen molar-refractivity contribution in [3.63, 3.8) is 0 Å². The van der Waals surface area contributed by atoms with Crippen molar-refractivity contribution in [3.8, 4) is 114 Å². The van der Waals surface area contributed by atoms with E-state index in [1.807, 2.05) is 48.5 Å². The van der Waals surface area contributed by atoms with Crippen molar-refractivity contribution in [1.29, 1.82) is 0 Å². The molecule has 13 rings (SSSR count). The van der Waals surface area contributed by atoms with Gasteiger partial charge in [0.25, 0.3) is 0 Å². The summed E-state index contributed by atoms with van der Waals surface area (Å²) in [5.74, 6) is 4.52. The molecular formula is C80H88O12. The summed E-state index contributed by atoms with van der Waals surface area (Å²) < 4.78 is 58.2. The Kier molecular flexibility index (Phi) is 19.0. The summed E-state index contributed by atoms with van der Waals surface area (Å²) >= 11 is 0. The summed E-state index contributed by atoms with van der Waals surface area (Å²) in [7, 11) is 0. The molecule has 0 fully saturated rings. The molecule has 8 aromatic carbocycles. The lowest BCUT2D eigenvalue weighted by molar-refractivity contribution is 0.101. The van der Waals surface area contributed by atoms with Gasteiger partial charge in [0.05, 0.1) is 22.3 Å². The molecule has 12 nitrogen and oxygen atoms in total. The Morgan fingerprint density at radius 1 is 0.250 bits per heavy atom. The molecule has 5 aliphatic rings. The average Bonchev–Trinajstić information content (AvgIpc) is 0.726. The third kappa shape index (κ3) is 12.2. The normalized spacial score (nSPS) is 17.2. The fraction of sp³-hybridized carbons (Fsp3) is 0.400. The van der Waals surface area contributed by atoms with Gasteiger partial charge in [-0.25, -0.2) is 0 Å². The van der Waals surface area contributed by atoms with Gasteiger partial charge >= 0.3 is 0 Å². The van der Waals surface area contributed by atoms with Crippen LogP contribution in [-0.2, 0) is 0 Å². The van der Waals surface area contributed by atoms with Crippen molar-refractivity contribution in [3.05, 3.63) is 166 Å². The lowest BCUT2D eigenvalue weighted by Gasteiger charge is -2.38. The van der Waals surface area contributed by atoms with E-state index in [2.05, 4.69) is 52.0 Å². The molecule has 8 aromatic rings. The quantitative estimate of drug-likeness (QED) is 0.0426. The summed E-state index contributed by atoms with van der Waals surface area (Å²) in [5.41, 5.74) is 14.4. The SMILES string of the molecule is CCCCCCC1c2cc3c4c(-c5ccc(O)cc5)c2OCOc2c1cc1c(c2-c2ccc(O)cc2)OCOc2c(cc5c(c2-c2ccc(O)cc2)OCOc2c(cc(c(c2-c2ccc(O)cc2)OCO4)C3CCCCCC)C5CCCCCC)C1CCCCCC. The van der Waals surface area contributed by atoms with Crippen LogP contribution in [0, 0.1) is 0 Å². The minimum atomic E-state index is -0.313. The summed E-state index contributed by atoms with van der Waals surface area (Å²) in [4.78, 5) is 0. The predicted octanol–water partition coefficient (Wildman–Crippen LogP) is 20.8. The predicted molar refractivity (Wildman–Crippen MR) is 361 cm³/mol. The van der Waals surface area contributed by atoms with Crippen molar-refractivity contribution < 1.29 is 58.3 Å². The third-order valence-corrected chi connectivity index (χ3v) is 19.8. The first-order valence-electron chi connectivity index (χ1n) is 34.2. The fourth-order valence-corrected chi connectivity index (χ4v) is 15.2. The highest BCUT2D eigenvalue weighted by molar-refractivity contribution is 5.89. The third-order valence-electron chi connectivity index (χ3n) is 19.8. The van der Waals surface area contributed by atoms with E-state index in [1.165, 1.54) is 0 Å². The molecule has 0 unspecified atom stereocenters. The van der Waals surface area contributed by atoms with Gasteiger partial charge in [-0.3, -0.25) is 0 Å². The highest BCUT2D eigenvalue weighted by atomic mass is 16.7. The van der Waals surface area contributed by atoms with Crippen LogP contribution in [0.2, 0.25) is 0 Å². The molecule has 0 amide bonds. The van der Waals surface area contributed by atoms with Crippen molar-refractivity contribution in [2.45, 2.75) is 180 Å². The molecule has 4 heterocycles. The Labute approximate surface area is 542 Å². The summed E-state index contributed by atoms with van der Waals surface area (Å²) in [5, 5.41) is 44.0.